The van der Waals surface area contributed by atoms with E-state index in [2.05, 4.69) is 12.2 Å². The average Bonchev–Trinajstić information content (AvgIpc) is 2.94. The Morgan fingerprint density at radius 3 is 2.41 bits per heavy atom. The first-order chi connectivity index (χ1) is 12.5. The molecule has 150 valence electrons. The maximum atomic E-state index is 12.5. The Morgan fingerprint density at radius 2 is 1.85 bits per heavy atom. The number of hydrogen-bond donors (Lipinski definition) is 1. The molecule has 2 heterocycles. The summed E-state index contributed by atoms with van der Waals surface area (Å²) in [5, 5.41) is 3.43. The van der Waals surface area contributed by atoms with E-state index in [0.717, 1.165) is 18.4 Å². The lowest BCUT2D eigenvalue weighted by atomic mass is 9.96. The van der Waals surface area contributed by atoms with Crippen LogP contribution in [0.25, 0.3) is 0 Å². The molecule has 0 saturated carbocycles. The molecular formula is C20H30N2O4S. The highest BCUT2D eigenvalue weighted by molar-refractivity contribution is 7.18. The van der Waals surface area contributed by atoms with Gasteiger partial charge in [0, 0.05) is 18.5 Å². The van der Waals surface area contributed by atoms with E-state index in [0.29, 0.717) is 28.9 Å². The summed E-state index contributed by atoms with van der Waals surface area (Å²) in [6.45, 7) is 12.5. The molecule has 1 aromatic heterocycles. The maximum Gasteiger partial charge on any atom is 0.349 e. The minimum absolute atomic E-state index is 0.119. The van der Waals surface area contributed by atoms with Crippen LogP contribution in [0.2, 0.25) is 0 Å². The summed E-state index contributed by atoms with van der Waals surface area (Å²) in [7, 11) is 0. The Labute approximate surface area is 165 Å². The van der Waals surface area contributed by atoms with Crippen molar-refractivity contribution in [2.75, 3.05) is 18.4 Å². The zero-order valence-corrected chi connectivity index (χ0v) is 17.9. The molecule has 1 aliphatic heterocycles. The lowest BCUT2D eigenvalue weighted by Crippen LogP contribution is -2.44. The Bertz CT molecular complexity index is 712. The third-order valence-electron chi connectivity index (χ3n) is 4.75. The van der Waals surface area contributed by atoms with Crippen LogP contribution in [0.3, 0.4) is 0 Å². The number of ether oxygens (including phenoxy) is 1. The maximum absolute atomic E-state index is 12.5. The molecule has 0 aromatic carbocycles. The summed E-state index contributed by atoms with van der Waals surface area (Å²) in [4.78, 5) is 39.3. The molecule has 1 fully saturated rings. The van der Waals surface area contributed by atoms with Gasteiger partial charge >= 0.3 is 5.97 Å². The minimum Gasteiger partial charge on any atom is -0.448 e. The lowest BCUT2D eigenvalue weighted by Gasteiger charge is -2.31. The van der Waals surface area contributed by atoms with Crippen molar-refractivity contribution >= 4 is 34.1 Å². The monoisotopic (exact) mass is 394 g/mol. The molecule has 1 atom stereocenters. The SMILES string of the molecule is Cc1cc(NC(=O)C(C)(C)C)sc1C(=O)OC(C)C(=O)N1CCC(C)CC1. The molecule has 7 heteroatoms. The number of esters is 1. The van der Waals surface area contributed by atoms with E-state index in [1.165, 1.54) is 11.3 Å². The van der Waals surface area contributed by atoms with Crippen molar-refractivity contribution in [2.45, 2.75) is 60.5 Å². The quantitative estimate of drug-likeness (QED) is 0.787. The molecule has 1 aromatic rings. The molecular weight excluding hydrogens is 364 g/mol. The third kappa shape index (κ3) is 5.54. The highest BCUT2D eigenvalue weighted by Crippen LogP contribution is 2.29. The predicted octanol–water partition coefficient (Wildman–Crippen LogP) is 3.84. The molecule has 1 aliphatic rings. The number of piperidine rings is 1. The van der Waals surface area contributed by atoms with Crippen molar-refractivity contribution in [3.63, 3.8) is 0 Å². The van der Waals surface area contributed by atoms with E-state index in [1.807, 2.05) is 20.8 Å². The molecule has 1 N–H and O–H groups in total. The second kappa shape index (κ2) is 8.42. The molecule has 0 radical (unpaired) electrons. The van der Waals surface area contributed by atoms with Gasteiger partial charge in [-0.2, -0.15) is 0 Å². The first-order valence-electron chi connectivity index (χ1n) is 9.40. The number of carbonyl (C=O) groups excluding carboxylic acids is 3. The van der Waals surface area contributed by atoms with Crippen LogP contribution < -0.4 is 5.32 Å². The topological polar surface area (TPSA) is 75.7 Å². The second-order valence-electron chi connectivity index (χ2n) is 8.38. The number of hydrogen-bond acceptors (Lipinski definition) is 5. The highest BCUT2D eigenvalue weighted by atomic mass is 32.1. The van der Waals surface area contributed by atoms with Gasteiger partial charge in [0.1, 0.15) is 4.88 Å². The van der Waals surface area contributed by atoms with Crippen LogP contribution in [-0.4, -0.2) is 41.9 Å². The largest absolute Gasteiger partial charge is 0.448 e. The normalized spacial score (nSPS) is 16.7. The van der Waals surface area contributed by atoms with Gasteiger partial charge in [-0.05, 0) is 44.2 Å². The fourth-order valence-corrected chi connectivity index (χ4v) is 3.75. The molecule has 0 aliphatic carbocycles. The molecule has 1 saturated heterocycles. The molecule has 2 rings (SSSR count). The first kappa shape index (κ1) is 21.4. The molecule has 0 bridgehead atoms. The van der Waals surface area contributed by atoms with Gasteiger partial charge in [-0.15, -0.1) is 11.3 Å². The Kier molecular flexibility index (Phi) is 6.68. The van der Waals surface area contributed by atoms with Crippen molar-refractivity contribution in [1.82, 2.24) is 4.90 Å². The number of anilines is 1. The first-order valence-corrected chi connectivity index (χ1v) is 10.2. The van der Waals surface area contributed by atoms with Gasteiger partial charge < -0.3 is 15.0 Å². The van der Waals surface area contributed by atoms with Gasteiger partial charge in [0.15, 0.2) is 6.10 Å². The van der Waals surface area contributed by atoms with Crippen molar-refractivity contribution < 1.29 is 19.1 Å². The number of amides is 2. The minimum atomic E-state index is -0.819. The summed E-state index contributed by atoms with van der Waals surface area (Å²) in [5.41, 5.74) is 0.200. The Balaban J connectivity index is 1.99. The van der Waals surface area contributed by atoms with Gasteiger partial charge in [0.2, 0.25) is 5.91 Å². The van der Waals surface area contributed by atoms with E-state index in [4.69, 9.17) is 4.74 Å². The van der Waals surface area contributed by atoms with Crippen LogP contribution in [-0.2, 0) is 14.3 Å². The Hall–Kier alpha value is -1.89. The van der Waals surface area contributed by atoms with Crippen LogP contribution in [0.1, 0.15) is 62.7 Å². The van der Waals surface area contributed by atoms with E-state index in [1.54, 1.807) is 24.8 Å². The predicted molar refractivity (Wildman–Crippen MR) is 107 cm³/mol. The highest BCUT2D eigenvalue weighted by Gasteiger charge is 2.28. The van der Waals surface area contributed by atoms with Gasteiger partial charge in [-0.25, -0.2) is 4.79 Å². The lowest BCUT2D eigenvalue weighted by molar-refractivity contribution is -0.141. The summed E-state index contributed by atoms with van der Waals surface area (Å²) >= 11 is 1.17. The fraction of sp³-hybridized carbons (Fsp3) is 0.650. The van der Waals surface area contributed by atoms with Crippen molar-refractivity contribution in [2.24, 2.45) is 11.3 Å². The van der Waals surface area contributed by atoms with Gasteiger partial charge in [0.25, 0.3) is 5.91 Å². The number of likely N-dealkylation sites (tertiary alicyclic amines) is 1. The van der Waals surface area contributed by atoms with E-state index >= 15 is 0 Å². The fourth-order valence-electron chi connectivity index (χ4n) is 2.80. The number of rotatable bonds is 4. The van der Waals surface area contributed by atoms with Crippen LogP contribution in [0.5, 0.6) is 0 Å². The second-order valence-corrected chi connectivity index (χ2v) is 9.43. The van der Waals surface area contributed by atoms with Crippen LogP contribution in [0, 0.1) is 18.3 Å². The molecule has 1 unspecified atom stereocenters. The van der Waals surface area contributed by atoms with Crippen molar-refractivity contribution in [3.8, 4) is 0 Å². The van der Waals surface area contributed by atoms with E-state index < -0.39 is 17.5 Å². The average molecular weight is 395 g/mol. The summed E-state index contributed by atoms with van der Waals surface area (Å²) in [6, 6.07) is 1.75. The molecule has 0 spiro atoms. The van der Waals surface area contributed by atoms with Crippen molar-refractivity contribution in [3.05, 3.63) is 16.5 Å². The third-order valence-corrected chi connectivity index (χ3v) is 5.88. The zero-order valence-electron chi connectivity index (χ0n) is 17.0. The summed E-state index contributed by atoms with van der Waals surface area (Å²) in [6.07, 6.45) is 1.14. The number of nitrogens with one attached hydrogen (secondary N) is 1. The summed E-state index contributed by atoms with van der Waals surface area (Å²) < 4.78 is 5.41. The van der Waals surface area contributed by atoms with Crippen molar-refractivity contribution in [1.29, 1.82) is 0 Å². The number of thiophene rings is 1. The standard InChI is InChI=1S/C20H30N2O4S/c1-12-7-9-22(10-8-12)17(23)14(3)26-18(24)16-13(2)11-15(27-16)21-19(25)20(4,5)6/h11-12,14H,7-10H2,1-6H3,(H,21,25). The zero-order chi connectivity index (χ0) is 20.4. The van der Waals surface area contributed by atoms with Crippen LogP contribution in [0.15, 0.2) is 6.07 Å². The number of aryl methyl sites for hydroxylation is 1. The summed E-state index contributed by atoms with van der Waals surface area (Å²) in [5.74, 6) is -0.167. The number of nitrogens with zero attached hydrogens (tertiary/aromatic N) is 1. The van der Waals surface area contributed by atoms with E-state index in [9.17, 15) is 14.4 Å². The van der Waals surface area contributed by atoms with Gasteiger partial charge in [-0.3, -0.25) is 9.59 Å². The smallest absolute Gasteiger partial charge is 0.349 e. The number of carbonyl (C=O) groups is 3. The molecule has 27 heavy (non-hydrogen) atoms. The Morgan fingerprint density at radius 1 is 1.26 bits per heavy atom. The van der Waals surface area contributed by atoms with Gasteiger partial charge in [-0.1, -0.05) is 27.7 Å². The van der Waals surface area contributed by atoms with E-state index in [-0.39, 0.29) is 11.8 Å². The van der Waals surface area contributed by atoms with Gasteiger partial charge in [0.05, 0.1) is 5.00 Å². The van der Waals surface area contributed by atoms with Crippen LogP contribution in [0.4, 0.5) is 5.00 Å². The molecule has 6 nitrogen and oxygen atoms in total. The van der Waals surface area contributed by atoms with Crippen LogP contribution >= 0.6 is 11.3 Å². The molecule has 2 amide bonds.